The van der Waals surface area contributed by atoms with Gasteiger partial charge in [0.2, 0.25) is 11.8 Å². The van der Waals surface area contributed by atoms with Crippen LogP contribution in [0.5, 0.6) is 0 Å². The maximum absolute atomic E-state index is 14.3. The second kappa shape index (κ2) is 24.4. The van der Waals surface area contributed by atoms with Gasteiger partial charge in [-0.15, -0.1) is 0 Å². The van der Waals surface area contributed by atoms with Gasteiger partial charge in [0.05, 0.1) is 6.10 Å². The number of anilines is 3. The van der Waals surface area contributed by atoms with E-state index in [1.165, 1.54) is 87.2 Å². The highest BCUT2D eigenvalue weighted by molar-refractivity contribution is 5.99. The van der Waals surface area contributed by atoms with Crippen LogP contribution in [0.25, 0.3) is 0 Å². The SMILES string of the molecule is CC(=O)N1CC2(CCN(C3CCN(C(=O)OC(C)C)CC3)CC2)c2cc(C)ccc21.Fc1ccc2c(c1)C1(CCN(C3CC4CCC(C4)C3)CC1)CN2.O=C(C1CC1)N1CC2(CCN(C3CC4CCC(C3)N4C(=O)OC3CCC3)CC2)c2cc(F)ccc21. The lowest BCUT2D eigenvalue weighted by atomic mass is 9.73. The molecule has 10 fully saturated rings. The van der Waals surface area contributed by atoms with Crippen molar-refractivity contribution in [2.75, 3.05) is 87.1 Å². The number of piperidine rings is 5. The van der Waals surface area contributed by atoms with Gasteiger partial charge in [0, 0.05) is 109 Å². The zero-order valence-corrected chi connectivity index (χ0v) is 53.1. The second-order valence-corrected chi connectivity index (χ2v) is 30.2. The number of benzene rings is 3. The monoisotopic (exact) mass is 1210 g/mol. The van der Waals surface area contributed by atoms with Gasteiger partial charge in [-0.25, -0.2) is 18.4 Å². The van der Waals surface area contributed by atoms with Gasteiger partial charge in [-0.1, -0.05) is 30.5 Å². The van der Waals surface area contributed by atoms with Gasteiger partial charge >= 0.3 is 12.2 Å². The predicted molar refractivity (Wildman–Crippen MR) is 339 cm³/mol. The molecule has 476 valence electrons. The zero-order chi connectivity index (χ0) is 60.6. The minimum atomic E-state index is -0.205. The molecule has 13 aliphatic rings. The average molecular weight is 1210 g/mol. The number of rotatable bonds is 6. The van der Waals surface area contributed by atoms with Crippen molar-refractivity contribution < 1.29 is 37.4 Å². The number of nitrogens with zero attached hydrogens (tertiary/aromatic N) is 7. The lowest BCUT2D eigenvalue weighted by Crippen LogP contribution is -2.56. The Hall–Kier alpha value is -5.32. The fourth-order valence-electron chi connectivity index (χ4n) is 19.1. The summed E-state index contributed by atoms with van der Waals surface area (Å²) in [4.78, 5) is 66.1. The molecule has 3 aromatic carbocycles. The third kappa shape index (κ3) is 11.8. The van der Waals surface area contributed by atoms with Crippen LogP contribution in [-0.4, -0.2) is 163 Å². The fourth-order valence-corrected chi connectivity index (χ4v) is 19.1. The smallest absolute Gasteiger partial charge is 0.410 e. The summed E-state index contributed by atoms with van der Waals surface area (Å²) in [7, 11) is 0. The van der Waals surface area contributed by atoms with E-state index in [2.05, 4.69) is 50.0 Å². The molecule has 4 amide bonds. The van der Waals surface area contributed by atoms with Gasteiger partial charge in [0.25, 0.3) is 0 Å². The number of nitrogens with one attached hydrogen (secondary N) is 1. The van der Waals surface area contributed by atoms with E-state index in [0.29, 0.717) is 30.7 Å². The van der Waals surface area contributed by atoms with Crippen LogP contribution in [0, 0.1) is 36.3 Å². The molecule has 16 rings (SSSR count). The maximum Gasteiger partial charge on any atom is 0.410 e. The summed E-state index contributed by atoms with van der Waals surface area (Å²) in [6.07, 6.45) is 25.0. The third-order valence-corrected chi connectivity index (χ3v) is 24.5. The molecule has 4 bridgehead atoms. The molecule has 0 aromatic heterocycles. The quantitative estimate of drug-likeness (QED) is 0.255. The van der Waals surface area contributed by atoms with Gasteiger partial charge in [-0.2, -0.15) is 0 Å². The number of carbonyl (C=O) groups excluding carboxylic acids is 4. The van der Waals surface area contributed by atoms with Crippen LogP contribution in [0.3, 0.4) is 0 Å². The second-order valence-electron chi connectivity index (χ2n) is 30.2. The van der Waals surface area contributed by atoms with E-state index in [-0.39, 0.29) is 70.0 Å². The van der Waals surface area contributed by atoms with Crippen molar-refractivity contribution in [3.63, 3.8) is 0 Å². The van der Waals surface area contributed by atoms with Gasteiger partial charge in [0.15, 0.2) is 0 Å². The fraction of sp³-hybridized carbons (Fsp3) is 0.694. The molecular formula is C72H98F2N8O6. The molecule has 4 atom stereocenters. The molecule has 0 radical (unpaired) electrons. The van der Waals surface area contributed by atoms with E-state index in [9.17, 15) is 28.0 Å². The maximum atomic E-state index is 14.3. The predicted octanol–water partition coefficient (Wildman–Crippen LogP) is 12.5. The van der Waals surface area contributed by atoms with Crippen molar-refractivity contribution in [3.8, 4) is 0 Å². The molecule has 9 aliphatic heterocycles. The summed E-state index contributed by atoms with van der Waals surface area (Å²) in [5.41, 5.74) is 8.26. The van der Waals surface area contributed by atoms with Gasteiger partial charge < -0.3 is 49.1 Å². The Balaban J connectivity index is 0.000000118. The summed E-state index contributed by atoms with van der Waals surface area (Å²) in [5, 5.41) is 3.52. The van der Waals surface area contributed by atoms with E-state index in [1.54, 1.807) is 25.1 Å². The third-order valence-electron chi connectivity index (χ3n) is 24.5. The molecular weight excluding hydrogens is 1110 g/mol. The normalized spacial score (nSPS) is 29.4. The Morgan fingerprint density at radius 1 is 0.545 bits per heavy atom. The highest BCUT2D eigenvalue weighted by Gasteiger charge is 2.53. The van der Waals surface area contributed by atoms with Crippen molar-refractivity contribution in [2.45, 2.75) is 228 Å². The first-order chi connectivity index (χ1) is 42.5. The Morgan fingerprint density at radius 3 is 1.66 bits per heavy atom. The minimum Gasteiger partial charge on any atom is -0.447 e. The van der Waals surface area contributed by atoms with E-state index >= 15 is 0 Å². The van der Waals surface area contributed by atoms with Gasteiger partial charge in [-0.05, 0) is 259 Å². The topological polar surface area (TPSA) is 121 Å². The summed E-state index contributed by atoms with van der Waals surface area (Å²) in [5.74, 6) is 2.27. The van der Waals surface area contributed by atoms with Crippen LogP contribution in [0.15, 0.2) is 54.6 Å². The van der Waals surface area contributed by atoms with Crippen molar-refractivity contribution >= 4 is 41.1 Å². The number of aryl methyl sites for hydroxylation is 1. The number of likely N-dealkylation sites (tertiary alicyclic amines) is 4. The summed E-state index contributed by atoms with van der Waals surface area (Å²) in [6.45, 7) is 18.1. The van der Waals surface area contributed by atoms with Crippen molar-refractivity contribution in [1.29, 1.82) is 0 Å². The number of hydrogen-bond acceptors (Lipinski definition) is 10. The van der Waals surface area contributed by atoms with Gasteiger partial charge in [0.1, 0.15) is 17.7 Å². The molecule has 4 unspecified atom stereocenters. The highest BCUT2D eigenvalue weighted by Crippen LogP contribution is 2.53. The molecule has 88 heavy (non-hydrogen) atoms. The Labute approximate surface area is 521 Å². The lowest BCUT2D eigenvalue weighted by molar-refractivity contribution is -0.120. The van der Waals surface area contributed by atoms with Crippen LogP contribution < -0.4 is 15.1 Å². The van der Waals surface area contributed by atoms with Crippen LogP contribution >= 0.6 is 0 Å². The Kier molecular flexibility index (Phi) is 16.7. The standard InChI is InChI=1S/C28H36FN3O3.C24H35N3O3.C20H27FN2/c29-19-6-9-25-24(14-19)28(17-31(25)26(33)18-4-5-18)10-12-30(13-11-28)22-15-20-7-8-21(16-22)32(20)27(34)35-23-2-1-3-23;1-17(2)30-23(29)26-11-7-20(8-12-26)25-13-9-24(10-14-25)16-27(19(4)28)22-6-5-18(3)15-21(22)24;21-16-3-4-19-18(12-16)20(13-22-19)5-7-23(8-6-20)17-10-14-1-2-15(9-14)11-17/h6,9,14,18,20-23H,1-5,7-8,10-13,15-17H2;5-6,15,17,20H,7-14,16H2,1-4H3;3-4,12,14-15,17,22H,1-2,5-11,13H2. The molecule has 9 heterocycles. The van der Waals surface area contributed by atoms with E-state index < -0.39 is 0 Å². The number of ether oxygens (including phenoxy) is 2. The summed E-state index contributed by atoms with van der Waals surface area (Å²) in [6, 6.07) is 19.3. The molecule has 4 saturated carbocycles. The van der Waals surface area contributed by atoms with Crippen molar-refractivity contribution in [3.05, 3.63) is 88.5 Å². The van der Waals surface area contributed by atoms with Crippen molar-refractivity contribution in [2.24, 2.45) is 17.8 Å². The molecule has 14 nitrogen and oxygen atoms in total. The Bertz CT molecular complexity index is 3060. The van der Waals surface area contributed by atoms with Crippen LogP contribution in [0.1, 0.15) is 184 Å². The first-order valence-corrected chi connectivity index (χ1v) is 34.7. The largest absolute Gasteiger partial charge is 0.447 e. The summed E-state index contributed by atoms with van der Waals surface area (Å²) >= 11 is 0. The average Bonchev–Trinajstić information content (AvgIpc) is 1.76. The van der Waals surface area contributed by atoms with E-state index in [4.69, 9.17) is 9.47 Å². The molecule has 16 heteroatoms. The van der Waals surface area contributed by atoms with E-state index in [0.717, 1.165) is 183 Å². The highest BCUT2D eigenvalue weighted by atomic mass is 19.1. The molecule has 3 aromatic rings. The number of fused-ring (bicyclic) bond motifs is 10. The molecule has 6 saturated heterocycles. The Morgan fingerprint density at radius 2 is 1.08 bits per heavy atom. The molecule has 1 N–H and O–H groups in total. The summed E-state index contributed by atoms with van der Waals surface area (Å²) < 4.78 is 39.1. The van der Waals surface area contributed by atoms with Crippen LogP contribution in [0.4, 0.5) is 35.4 Å². The lowest BCUT2D eigenvalue weighted by Gasteiger charge is -2.47. The van der Waals surface area contributed by atoms with Crippen LogP contribution in [-0.2, 0) is 35.3 Å². The first kappa shape index (κ1) is 60.3. The zero-order valence-electron chi connectivity index (χ0n) is 53.1. The van der Waals surface area contributed by atoms with Crippen molar-refractivity contribution in [1.82, 2.24) is 24.5 Å². The number of carbonyl (C=O) groups is 4. The van der Waals surface area contributed by atoms with E-state index in [1.807, 2.05) is 40.7 Å². The minimum absolute atomic E-state index is 0.0685. The number of halogens is 2. The van der Waals surface area contributed by atoms with Crippen LogP contribution in [0.2, 0.25) is 0 Å². The number of hydrogen-bond donors (Lipinski definition) is 1. The molecule has 4 aliphatic carbocycles. The van der Waals surface area contributed by atoms with Gasteiger partial charge in [-0.3, -0.25) is 9.59 Å². The number of amides is 4. The first-order valence-electron chi connectivity index (χ1n) is 34.7. The molecule has 3 spiro atoms.